The van der Waals surface area contributed by atoms with Gasteiger partial charge in [0.2, 0.25) is 0 Å². The van der Waals surface area contributed by atoms with E-state index in [1.54, 1.807) is 0 Å². The monoisotopic (exact) mass is 140 g/mol. The lowest BCUT2D eigenvalue weighted by Crippen LogP contribution is -2.40. The lowest BCUT2D eigenvalue weighted by atomic mass is 9.85. The highest BCUT2D eigenvalue weighted by Gasteiger charge is 2.54. The van der Waals surface area contributed by atoms with Gasteiger partial charge in [0.05, 0.1) is 0 Å². The molecule has 0 aromatic carbocycles. The van der Waals surface area contributed by atoms with Gasteiger partial charge in [0.1, 0.15) is 0 Å². The van der Waals surface area contributed by atoms with Gasteiger partial charge in [0.25, 0.3) is 0 Å². The maximum Gasteiger partial charge on any atom is 0.172 e. The van der Waals surface area contributed by atoms with Crippen LogP contribution in [-0.2, 0) is 0 Å². The van der Waals surface area contributed by atoms with Crippen LogP contribution in [0.15, 0.2) is 12.2 Å². The van der Waals surface area contributed by atoms with Gasteiger partial charge in [0.15, 0.2) is 5.79 Å². The van der Waals surface area contributed by atoms with Crippen LogP contribution in [0, 0.1) is 11.3 Å². The van der Waals surface area contributed by atoms with Crippen molar-refractivity contribution in [2.45, 2.75) is 25.6 Å². The second-order valence-electron chi connectivity index (χ2n) is 3.76. The van der Waals surface area contributed by atoms with Gasteiger partial charge >= 0.3 is 0 Å². The third-order valence-electron chi connectivity index (χ3n) is 2.88. The van der Waals surface area contributed by atoms with Crippen molar-refractivity contribution < 1.29 is 10.2 Å². The summed E-state index contributed by atoms with van der Waals surface area (Å²) >= 11 is 0. The van der Waals surface area contributed by atoms with E-state index < -0.39 is 5.79 Å². The first kappa shape index (κ1) is 6.38. The number of aliphatic hydroxyl groups is 2. The molecule has 2 nitrogen and oxygen atoms in total. The van der Waals surface area contributed by atoms with E-state index in [4.69, 9.17) is 0 Å². The highest BCUT2D eigenvalue weighted by Crippen LogP contribution is 2.53. The summed E-state index contributed by atoms with van der Waals surface area (Å²) in [5, 5.41) is 18.9. The average Bonchev–Trinajstić information content (AvgIpc) is 2.18. The molecule has 10 heavy (non-hydrogen) atoms. The minimum absolute atomic E-state index is 0.363. The Morgan fingerprint density at radius 1 is 1.40 bits per heavy atom. The van der Waals surface area contributed by atoms with Crippen LogP contribution in [0.4, 0.5) is 0 Å². The predicted molar refractivity (Wildman–Crippen MR) is 37.1 cm³/mol. The summed E-state index contributed by atoms with van der Waals surface area (Å²) in [6.45, 7) is 1.90. The molecular formula is C8H12O2. The number of rotatable bonds is 0. The molecule has 2 rings (SSSR count). The molecule has 2 aliphatic carbocycles. The van der Waals surface area contributed by atoms with Gasteiger partial charge < -0.3 is 10.2 Å². The molecule has 0 spiro atoms. The van der Waals surface area contributed by atoms with Crippen LogP contribution in [0.3, 0.4) is 0 Å². The molecule has 2 unspecified atom stereocenters. The minimum Gasteiger partial charge on any atom is -0.365 e. The van der Waals surface area contributed by atoms with Gasteiger partial charge in [-0.25, -0.2) is 0 Å². The molecule has 56 valence electrons. The summed E-state index contributed by atoms with van der Waals surface area (Å²) < 4.78 is 0. The molecule has 0 saturated heterocycles. The zero-order chi connectivity index (χ0) is 7.41. The van der Waals surface area contributed by atoms with Crippen molar-refractivity contribution in [3.8, 4) is 0 Å². The van der Waals surface area contributed by atoms with Crippen LogP contribution in [0.5, 0.6) is 0 Å². The maximum absolute atomic E-state index is 9.45. The van der Waals surface area contributed by atoms with Crippen molar-refractivity contribution >= 4 is 0 Å². The van der Waals surface area contributed by atoms with Gasteiger partial charge in [0, 0.05) is 11.8 Å². The van der Waals surface area contributed by atoms with E-state index in [9.17, 15) is 10.2 Å². The van der Waals surface area contributed by atoms with E-state index in [1.165, 1.54) is 0 Å². The minimum atomic E-state index is -1.44. The Hall–Kier alpha value is -0.340. The molecule has 1 fully saturated rings. The first-order valence-electron chi connectivity index (χ1n) is 3.68. The van der Waals surface area contributed by atoms with Crippen LogP contribution in [0.1, 0.15) is 19.8 Å². The number of allylic oxidation sites excluding steroid dienone is 1. The molecule has 0 aliphatic heterocycles. The smallest absolute Gasteiger partial charge is 0.172 e. The van der Waals surface area contributed by atoms with Crippen molar-refractivity contribution in [1.82, 2.24) is 0 Å². The lowest BCUT2D eigenvalue weighted by molar-refractivity contribution is -0.208. The van der Waals surface area contributed by atoms with Gasteiger partial charge in [-0.05, 0) is 12.3 Å². The van der Waals surface area contributed by atoms with E-state index in [0.29, 0.717) is 12.3 Å². The fourth-order valence-corrected chi connectivity index (χ4v) is 2.07. The van der Waals surface area contributed by atoms with Crippen LogP contribution < -0.4 is 0 Å². The molecular weight excluding hydrogens is 128 g/mol. The first-order valence-corrected chi connectivity index (χ1v) is 3.68. The fraction of sp³-hybridized carbons (Fsp3) is 0.750. The van der Waals surface area contributed by atoms with Gasteiger partial charge in [-0.1, -0.05) is 19.1 Å². The molecule has 0 amide bonds. The number of hydrogen-bond acceptors (Lipinski definition) is 2. The summed E-state index contributed by atoms with van der Waals surface area (Å²) in [5.74, 6) is -1.04. The zero-order valence-corrected chi connectivity index (χ0v) is 6.04. The van der Waals surface area contributed by atoms with Crippen molar-refractivity contribution in [3.05, 3.63) is 12.2 Å². The standard InChI is InChI=1S/C8H12O2/c1-7-3-2-6(4-7)5-8(7,9)10/h2-3,6,9-10H,4-5H2,1H3. The molecule has 0 radical (unpaired) electrons. The second kappa shape index (κ2) is 1.46. The quantitative estimate of drug-likeness (QED) is 0.383. The third kappa shape index (κ3) is 0.559. The van der Waals surface area contributed by atoms with Crippen molar-refractivity contribution in [2.24, 2.45) is 11.3 Å². The first-order chi connectivity index (χ1) is 4.54. The normalized spacial score (nSPS) is 48.5. The number of hydrogen-bond donors (Lipinski definition) is 2. The van der Waals surface area contributed by atoms with Gasteiger partial charge in [-0.15, -0.1) is 0 Å². The summed E-state index contributed by atoms with van der Waals surface area (Å²) in [6, 6.07) is 0. The second-order valence-corrected chi connectivity index (χ2v) is 3.76. The van der Waals surface area contributed by atoms with E-state index in [0.717, 1.165) is 6.42 Å². The summed E-state index contributed by atoms with van der Waals surface area (Å²) in [5.41, 5.74) is -0.363. The molecule has 2 N–H and O–H groups in total. The lowest BCUT2D eigenvalue weighted by Gasteiger charge is -2.32. The summed E-state index contributed by atoms with van der Waals surface area (Å²) in [6.07, 6.45) is 5.44. The van der Waals surface area contributed by atoms with Crippen molar-refractivity contribution in [1.29, 1.82) is 0 Å². The largest absolute Gasteiger partial charge is 0.365 e. The molecule has 2 atom stereocenters. The van der Waals surface area contributed by atoms with Crippen LogP contribution in [0.25, 0.3) is 0 Å². The molecule has 1 saturated carbocycles. The molecule has 2 bridgehead atoms. The maximum atomic E-state index is 9.45. The van der Waals surface area contributed by atoms with Crippen molar-refractivity contribution in [2.75, 3.05) is 0 Å². The van der Waals surface area contributed by atoms with E-state index in [1.807, 2.05) is 13.0 Å². The van der Waals surface area contributed by atoms with E-state index >= 15 is 0 Å². The molecule has 0 aromatic rings. The topological polar surface area (TPSA) is 40.5 Å². The Kier molecular flexibility index (Phi) is 0.930. The molecule has 0 aromatic heterocycles. The zero-order valence-electron chi connectivity index (χ0n) is 6.04. The molecule has 2 heteroatoms. The van der Waals surface area contributed by atoms with E-state index in [2.05, 4.69) is 6.08 Å². The Morgan fingerprint density at radius 3 is 2.30 bits per heavy atom. The summed E-state index contributed by atoms with van der Waals surface area (Å²) in [7, 11) is 0. The Labute approximate surface area is 60.2 Å². The van der Waals surface area contributed by atoms with Crippen LogP contribution in [0.2, 0.25) is 0 Å². The Bertz CT molecular complexity index is 195. The van der Waals surface area contributed by atoms with Crippen molar-refractivity contribution in [3.63, 3.8) is 0 Å². The predicted octanol–water partition coefficient (Wildman–Crippen LogP) is 0.653. The Balaban J connectivity index is 2.41. The highest BCUT2D eigenvalue weighted by molar-refractivity contribution is 5.20. The number of fused-ring (bicyclic) bond motifs is 2. The van der Waals surface area contributed by atoms with Crippen LogP contribution >= 0.6 is 0 Å². The third-order valence-corrected chi connectivity index (χ3v) is 2.88. The van der Waals surface area contributed by atoms with Crippen LogP contribution in [-0.4, -0.2) is 16.0 Å². The average molecular weight is 140 g/mol. The highest BCUT2D eigenvalue weighted by atomic mass is 16.5. The SMILES string of the molecule is CC12C=CC(CC1(O)O)C2. The molecule has 2 aliphatic rings. The van der Waals surface area contributed by atoms with Gasteiger partial charge in [-0.3, -0.25) is 0 Å². The Morgan fingerprint density at radius 2 is 2.10 bits per heavy atom. The fourth-order valence-electron chi connectivity index (χ4n) is 2.07. The van der Waals surface area contributed by atoms with E-state index in [-0.39, 0.29) is 5.41 Å². The summed E-state index contributed by atoms with van der Waals surface area (Å²) in [4.78, 5) is 0. The molecule has 0 heterocycles. The van der Waals surface area contributed by atoms with Gasteiger partial charge in [-0.2, -0.15) is 0 Å².